The molecule has 0 aromatic heterocycles. The van der Waals surface area contributed by atoms with Gasteiger partial charge in [0.05, 0.1) is 0 Å². The van der Waals surface area contributed by atoms with Crippen molar-refractivity contribution in [1.29, 1.82) is 0 Å². The molecule has 0 N–H and O–H groups in total. The number of hydrogen-bond donors (Lipinski definition) is 0. The van der Waals surface area contributed by atoms with E-state index in [0.717, 1.165) is 17.1 Å². The summed E-state index contributed by atoms with van der Waals surface area (Å²) in [5.74, 6) is 0. The zero-order chi connectivity index (χ0) is 35.8. The molecule has 10 rings (SSSR count). The maximum atomic E-state index is 2.58. The summed E-state index contributed by atoms with van der Waals surface area (Å²) in [6.45, 7) is -0.101. The molecule has 252 valence electrons. The van der Waals surface area contributed by atoms with Gasteiger partial charge in [-0.1, -0.05) is 198 Å². The molecule has 0 aliphatic carbocycles. The van der Waals surface area contributed by atoms with Crippen LogP contribution in [0.3, 0.4) is 0 Å². The molecule has 1 fully saturated rings. The fourth-order valence-electron chi connectivity index (χ4n) is 8.70. The average Bonchev–Trinajstić information content (AvgIpc) is 3.79. The summed E-state index contributed by atoms with van der Waals surface area (Å²) < 4.78 is 2.58. The minimum atomic E-state index is -0.170. The van der Waals surface area contributed by atoms with Crippen LogP contribution in [0.5, 0.6) is 0 Å². The first-order valence-corrected chi connectivity index (χ1v) is 18.8. The van der Waals surface area contributed by atoms with Gasteiger partial charge in [0, 0.05) is 17.1 Å². The van der Waals surface area contributed by atoms with Gasteiger partial charge in [0.15, 0.2) is 0 Å². The van der Waals surface area contributed by atoms with Gasteiger partial charge in [-0.2, -0.15) is 0 Å². The summed E-state index contributed by atoms with van der Waals surface area (Å²) in [6.07, 6.45) is 0. The summed E-state index contributed by atoms with van der Waals surface area (Å²) in [4.78, 5) is 4.96. The highest BCUT2D eigenvalue weighted by Crippen LogP contribution is 2.35. The number of anilines is 3. The van der Waals surface area contributed by atoms with E-state index in [-0.39, 0.29) is 20.7 Å². The maximum absolute atomic E-state index is 2.58. The van der Waals surface area contributed by atoms with Crippen molar-refractivity contribution in [2.75, 3.05) is 14.6 Å². The quantitative estimate of drug-likeness (QED) is 0.162. The Morgan fingerprint density at radius 3 is 1.22 bits per heavy atom. The van der Waals surface area contributed by atoms with E-state index in [1.807, 2.05) is 0 Å². The second-order valence-electron chi connectivity index (χ2n) is 14.1. The van der Waals surface area contributed by atoms with Gasteiger partial charge >= 0.3 is 14.0 Å². The second kappa shape index (κ2) is 13.7. The van der Waals surface area contributed by atoms with Gasteiger partial charge in [-0.3, -0.25) is 0 Å². The SMILES string of the molecule is c1ccc(B2N(c3ccccc3)B(c3cccc(-c4cccc(B5c6ccccc6-c6ccccc65)c4)c3)N(c3ccccc3)N2c2ccccc2)cc1. The summed E-state index contributed by atoms with van der Waals surface area (Å²) in [7, 11) is 0. The van der Waals surface area contributed by atoms with E-state index in [1.165, 1.54) is 49.6 Å². The van der Waals surface area contributed by atoms with E-state index in [4.69, 9.17) is 0 Å². The molecule has 0 spiro atoms. The summed E-state index contributed by atoms with van der Waals surface area (Å²) >= 11 is 0. The van der Waals surface area contributed by atoms with Crippen molar-refractivity contribution in [3.05, 3.63) is 218 Å². The maximum Gasteiger partial charge on any atom is 0.419 e. The summed E-state index contributed by atoms with van der Waals surface area (Å²) in [6, 6.07) is 79.6. The first-order valence-electron chi connectivity index (χ1n) is 18.8. The lowest BCUT2D eigenvalue weighted by Gasteiger charge is -2.36. The van der Waals surface area contributed by atoms with Crippen molar-refractivity contribution in [2.45, 2.75) is 0 Å². The Bertz CT molecular complexity index is 2420. The Morgan fingerprint density at radius 1 is 0.296 bits per heavy atom. The van der Waals surface area contributed by atoms with E-state index in [0.29, 0.717) is 0 Å². The molecule has 2 heterocycles. The Morgan fingerprint density at radius 2 is 0.685 bits per heavy atom. The standard InChI is InChI=1S/C48H36B3N3/c1-5-21-39(22-6-1)50-52(42-25-7-2-8-26-42)51(54(44-29-11-4-12-30-44)53(50)43-27-9-3-10-28-43)41-24-18-20-38(36-41)37-19-17-23-40(35-37)49-47-33-15-13-31-45(47)46-32-14-16-34-48(46)49/h1-36H. The highest BCUT2D eigenvalue weighted by Gasteiger charge is 2.54. The van der Waals surface area contributed by atoms with Gasteiger partial charge in [-0.15, -0.1) is 0 Å². The van der Waals surface area contributed by atoms with Crippen LogP contribution in [-0.4, -0.2) is 20.7 Å². The second-order valence-corrected chi connectivity index (χ2v) is 14.1. The highest BCUT2D eigenvalue weighted by atomic mass is 15.7. The number of fused-ring (bicyclic) bond motifs is 3. The van der Waals surface area contributed by atoms with Gasteiger partial charge < -0.3 is 14.6 Å². The van der Waals surface area contributed by atoms with Crippen molar-refractivity contribution in [2.24, 2.45) is 0 Å². The highest BCUT2D eigenvalue weighted by molar-refractivity contribution is 7.03. The van der Waals surface area contributed by atoms with Gasteiger partial charge in [0.2, 0.25) is 6.71 Å². The lowest BCUT2D eigenvalue weighted by molar-refractivity contribution is 1.13. The Kier molecular flexibility index (Phi) is 8.14. The number of benzene rings is 8. The van der Waals surface area contributed by atoms with E-state index in [9.17, 15) is 0 Å². The molecule has 0 radical (unpaired) electrons. The van der Waals surface area contributed by atoms with Crippen molar-refractivity contribution in [3.8, 4) is 22.3 Å². The molecule has 3 nitrogen and oxygen atoms in total. The first kappa shape index (κ1) is 32.0. The van der Waals surface area contributed by atoms with Crippen molar-refractivity contribution < 1.29 is 0 Å². The fourth-order valence-corrected chi connectivity index (χ4v) is 8.70. The number of para-hydroxylation sites is 3. The third-order valence-electron chi connectivity index (χ3n) is 11.0. The summed E-state index contributed by atoms with van der Waals surface area (Å²) in [5, 5.41) is 0. The third-order valence-corrected chi connectivity index (χ3v) is 11.0. The molecule has 2 aliphatic rings. The van der Waals surface area contributed by atoms with Gasteiger partial charge in [0.1, 0.15) is 0 Å². The van der Waals surface area contributed by atoms with E-state index in [1.54, 1.807) is 0 Å². The number of hydrazine groups is 1. The van der Waals surface area contributed by atoms with Crippen LogP contribution in [0.2, 0.25) is 0 Å². The smallest absolute Gasteiger partial charge is 0.413 e. The van der Waals surface area contributed by atoms with E-state index in [2.05, 4.69) is 233 Å². The Labute approximate surface area is 319 Å². The molecule has 8 aromatic carbocycles. The Hall–Kier alpha value is -6.65. The lowest BCUT2D eigenvalue weighted by atomic mass is 9.39. The van der Waals surface area contributed by atoms with Gasteiger partial charge in [-0.25, -0.2) is 0 Å². The van der Waals surface area contributed by atoms with Crippen molar-refractivity contribution in [1.82, 2.24) is 0 Å². The zero-order valence-corrected chi connectivity index (χ0v) is 29.9. The van der Waals surface area contributed by atoms with Crippen LogP contribution in [0.4, 0.5) is 17.1 Å². The third kappa shape index (κ3) is 5.50. The molecule has 0 saturated carbocycles. The fraction of sp³-hybridized carbons (Fsp3) is 0. The van der Waals surface area contributed by atoms with Crippen LogP contribution in [-0.2, 0) is 0 Å². The van der Waals surface area contributed by atoms with Crippen molar-refractivity contribution >= 4 is 65.1 Å². The van der Waals surface area contributed by atoms with Crippen LogP contribution in [0.1, 0.15) is 0 Å². The minimum Gasteiger partial charge on any atom is -0.413 e. The molecule has 54 heavy (non-hydrogen) atoms. The van der Waals surface area contributed by atoms with Gasteiger partial charge in [-0.05, 0) is 69.6 Å². The Balaban J connectivity index is 1.15. The molecule has 0 unspecified atom stereocenters. The van der Waals surface area contributed by atoms with Crippen LogP contribution in [0, 0.1) is 0 Å². The van der Waals surface area contributed by atoms with E-state index < -0.39 is 0 Å². The monoisotopic (exact) mass is 687 g/mol. The number of hydrogen-bond acceptors (Lipinski definition) is 3. The average molecular weight is 687 g/mol. The molecule has 0 amide bonds. The molecule has 6 heteroatoms. The van der Waals surface area contributed by atoms with Crippen molar-refractivity contribution in [3.63, 3.8) is 0 Å². The summed E-state index contributed by atoms with van der Waals surface area (Å²) in [5.41, 5.74) is 15.0. The lowest BCUT2D eigenvalue weighted by Crippen LogP contribution is -2.58. The molecular weight excluding hydrogens is 651 g/mol. The zero-order valence-electron chi connectivity index (χ0n) is 29.9. The topological polar surface area (TPSA) is 9.72 Å². The normalized spacial score (nSPS) is 13.3. The van der Waals surface area contributed by atoms with Crippen LogP contribution < -0.4 is 41.9 Å². The molecule has 2 aliphatic heterocycles. The molecule has 0 atom stereocenters. The number of nitrogens with zero attached hydrogens (tertiary/aromatic N) is 3. The minimum absolute atomic E-state index is 0.129. The van der Waals surface area contributed by atoms with E-state index >= 15 is 0 Å². The van der Waals surface area contributed by atoms with Crippen LogP contribution in [0.15, 0.2) is 218 Å². The van der Waals surface area contributed by atoms with Gasteiger partial charge in [0.25, 0.3) is 0 Å². The molecule has 8 aromatic rings. The number of rotatable bonds is 7. The van der Waals surface area contributed by atoms with Crippen LogP contribution in [0.25, 0.3) is 22.3 Å². The largest absolute Gasteiger partial charge is 0.419 e. The molecule has 0 bridgehead atoms. The predicted octanol–water partition coefficient (Wildman–Crippen LogP) is 7.39. The predicted molar refractivity (Wildman–Crippen MR) is 232 cm³/mol. The van der Waals surface area contributed by atoms with Crippen LogP contribution >= 0.6 is 0 Å². The first-order chi connectivity index (χ1) is 26.8. The molecular formula is C48H36B3N3. The molecule has 1 saturated heterocycles.